The Bertz CT molecular complexity index is 851. The molecule has 7 nitrogen and oxygen atoms in total. The molecule has 0 spiro atoms. The molecule has 0 fully saturated rings. The highest BCUT2D eigenvalue weighted by molar-refractivity contribution is 5.88. The number of nitrogens with zero attached hydrogens (tertiary/aromatic N) is 1. The van der Waals surface area contributed by atoms with Crippen molar-refractivity contribution in [2.45, 2.75) is 33.4 Å². The van der Waals surface area contributed by atoms with Crippen molar-refractivity contribution in [3.63, 3.8) is 0 Å². The fraction of sp³-hybridized carbons (Fsp3) is 0.417. The molecular weight excluding hydrogens is 396 g/mol. The number of nitrogens with one attached hydrogen (secondary N) is 1. The zero-order valence-corrected chi connectivity index (χ0v) is 18.9. The molecule has 2 aromatic carbocycles. The Hall–Kier alpha value is -3.22. The van der Waals surface area contributed by atoms with Crippen LogP contribution in [-0.2, 0) is 16.1 Å². The van der Waals surface area contributed by atoms with Crippen LogP contribution in [-0.4, -0.2) is 50.1 Å². The summed E-state index contributed by atoms with van der Waals surface area (Å²) in [6.07, 6.45) is 0. The summed E-state index contributed by atoms with van der Waals surface area (Å²) >= 11 is 0. The van der Waals surface area contributed by atoms with Gasteiger partial charge in [0.15, 0.2) is 18.1 Å². The minimum atomic E-state index is -0.658. The molecule has 0 aliphatic rings. The van der Waals surface area contributed by atoms with Crippen molar-refractivity contribution >= 4 is 11.8 Å². The molecule has 0 aliphatic heterocycles. The summed E-state index contributed by atoms with van der Waals surface area (Å²) < 4.78 is 16.2. The van der Waals surface area contributed by atoms with Gasteiger partial charge in [0.25, 0.3) is 5.91 Å². The summed E-state index contributed by atoms with van der Waals surface area (Å²) in [7, 11) is 3.14. The first-order valence-electron chi connectivity index (χ1n) is 10.3. The van der Waals surface area contributed by atoms with Gasteiger partial charge in [0, 0.05) is 13.1 Å². The van der Waals surface area contributed by atoms with E-state index in [0.717, 1.165) is 11.3 Å². The monoisotopic (exact) mass is 428 g/mol. The first-order chi connectivity index (χ1) is 14.8. The molecule has 1 atom stereocenters. The van der Waals surface area contributed by atoms with E-state index in [1.54, 1.807) is 39.3 Å². The van der Waals surface area contributed by atoms with Crippen molar-refractivity contribution in [1.29, 1.82) is 0 Å². The van der Waals surface area contributed by atoms with E-state index in [9.17, 15) is 9.59 Å². The first kappa shape index (κ1) is 24.1. The largest absolute Gasteiger partial charge is 0.497 e. The molecule has 0 radical (unpaired) electrons. The number of hydrogen-bond donors (Lipinski definition) is 1. The third kappa shape index (κ3) is 7.20. The summed E-state index contributed by atoms with van der Waals surface area (Å²) in [5, 5.41) is 2.90. The molecule has 168 valence electrons. The number of carbonyl (C=O) groups is 2. The molecule has 1 N–H and O–H groups in total. The van der Waals surface area contributed by atoms with Crippen LogP contribution in [0, 0.1) is 5.92 Å². The van der Waals surface area contributed by atoms with Gasteiger partial charge in [-0.2, -0.15) is 0 Å². The standard InChI is InChI=1S/C24H32N2O5/c1-17(2)14-25-24(28)18(3)26(15-19-10-12-20(29-4)13-11-19)23(27)16-31-22-9-7-6-8-21(22)30-5/h6-13,17-18H,14-16H2,1-5H3,(H,25,28)/t18-/m0/s1. The van der Waals surface area contributed by atoms with Crippen LogP contribution in [0.2, 0.25) is 0 Å². The van der Waals surface area contributed by atoms with Crippen LogP contribution in [0.3, 0.4) is 0 Å². The molecule has 2 amide bonds. The lowest BCUT2D eigenvalue weighted by molar-refractivity contribution is -0.142. The topological polar surface area (TPSA) is 77.1 Å². The molecule has 0 aliphatic carbocycles. The van der Waals surface area contributed by atoms with Gasteiger partial charge in [0.1, 0.15) is 11.8 Å². The van der Waals surface area contributed by atoms with Gasteiger partial charge < -0.3 is 24.4 Å². The van der Waals surface area contributed by atoms with Gasteiger partial charge >= 0.3 is 0 Å². The Labute approximate surface area is 184 Å². The maximum Gasteiger partial charge on any atom is 0.261 e. The lowest BCUT2D eigenvalue weighted by atomic mass is 10.1. The predicted octanol–water partition coefficient (Wildman–Crippen LogP) is 3.27. The van der Waals surface area contributed by atoms with E-state index in [0.29, 0.717) is 24.0 Å². The lowest BCUT2D eigenvalue weighted by Gasteiger charge is -2.29. The van der Waals surface area contributed by atoms with Gasteiger partial charge in [-0.05, 0) is 42.7 Å². The van der Waals surface area contributed by atoms with Crippen LogP contribution < -0.4 is 19.5 Å². The predicted molar refractivity (Wildman–Crippen MR) is 119 cm³/mol. The molecule has 0 bridgehead atoms. The van der Waals surface area contributed by atoms with Crippen molar-refractivity contribution in [1.82, 2.24) is 10.2 Å². The lowest BCUT2D eigenvalue weighted by Crippen LogP contribution is -2.49. The van der Waals surface area contributed by atoms with Crippen molar-refractivity contribution in [2.24, 2.45) is 5.92 Å². The summed E-state index contributed by atoms with van der Waals surface area (Å²) in [6.45, 7) is 6.37. The van der Waals surface area contributed by atoms with E-state index in [1.807, 2.05) is 44.2 Å². The Balaban J connectivity index is 2.16. The van der Waals surface area contributed by atoms with Crippen molar-refractivity contribution in [2.75, 3.05) is 27.4 Å². The fourth-order valence-electron chi connectivity index (χ4n) is 2.92. The maximum atomic E-state index is 13.1. The zero-order valence-electron chi connectivity index (χ0n) is 18.9. The number of methoxy groups -OCH3 is 2. The highest BCUT2D eigenvalue weighted by Crippen LogP contribution is 2.26. The molecule has 0 saturated heterocycles. The third-order valence-corrected chi connectivity index (χ3v) is 4.78. The van der Waals surface area contributed by atoms with Crippen molar-refractivity contribution < 1.29 is 23.8 Å². The molecule has 31 heavy (non-hydrogen) atoms. The molecule has 2 aromatic rings. The van der Waals surface area contributed by atoms with E-state index in [2.05, 4.69) is 5.32 Å². The second-order valence-corrected chi connectivity index (χ2v) is 7.62. The summed E-state index contributed by atoms with van der Waals surface area (Å²) in [6, 6.07) is 13.9. The number of para-hydroxylation sites is 2. The Morgan fingerprint density at radius 2 is 1.58 bits per heavy atom. The van der Waals surface area contributed by atoms with E-state index in [1.165, 1.54) is 4.90 Å². The van der Waals surface area contributed by atoms with Gasteiger partial charge in [0.05, 0.1) is 14.2 Å². The molecule has 7 heteroatoms. The van der Waals surface area contributed by atoms with Crippen LogP contribution in [0.15, 0.2) is 48.5 Å². The van der Waals surface area contributed by atoms with E-state index in [-0.39, 0.29) is 25.0 Å². The van der Waals surface area contributed by atoms with E-state index < -0.39 is 6.04 Å². The second kappa shape index (κ2) is 11.8. The Morgan fingerprint density at radius 3 is 2.16 bits per heavy atom. The highest BCUT2D eigenvalue weighted by atomic mass is 16.5. The number of benzene rings is 2. The van der Waals surface area contributed by atoms with Crippen LogP contribution in [0.25, 0.3) is 0 Å². The van der Waals surface area contributed by atoms with Crippen LogP contribution in [0.4, 0.5) is 0 Å². The SMILES string of the molecule is COc1ccc(CN(C(=O)COc2ccccc2OC)[C@@H](C)C(=O)NCC(C)C)cc1. The Morgan fingerprint density at radius 1 is 0.935 bits per heavy atom. The quantitative estimate of drug-likeness (QED) is 0.594. The number of hydrogen-bond acceptors (Lipinski definition) is 5. The maximum absolute atomic E-state index is 13.1. The van der Waals surface area contributed by atoms with Crippen molar-refractivity contribution in [3.05, 3.63) is 54.1 Å². The summed E-state index contributed by atoms with van der Waals surface area (Å²) in [5.74, 6) is 1.56. The zero-order chi connectivity index (χ0) is 22.8. The van der Waals surface area contributed by atoms with E-state index in [4.69, 9.17) is 14.2 Å². The van der Waals surface area contributed by atoms with Crippen LogP contribution in [0.5, 0.6) is 17.2 Å². The molecule has 2 rings (SSSR count). The smallest absolute Gasteiger partial charge is 0.261 e. The van der Waals surface area contributed by atoms with Gasteiger partial charge in [-0.25, -0.2) is 0 Å². The minimum Gasteiger partial charge on any atom is -0.497 e. The second-order valence-electron chi connectivity index (χ2n) is 7.62. The first-order valence-corrected chi connectivity index (χ1v) is 10.3. The number of rotatable bonds is 11. The molecule has 0 unspecified atom stereocenters. The fourth-order valence-corrected chi connectivity index (χ4v) is 2.92. The van der Waals surface area contributed by atoms with Gasteiger partial charge in [-0.3, -0.25) is 9.59 Å². The van der Waals surface area contributed by atoms with E-state index >= 15 is 0 Å². The average molecular weight is 429 g/mol. The summed E-state index contributed by atoms with van der Waals surface area (Å²) in [5.41, 5.74) is 0.884. The van der Waals surface area contributed by atoms with Crippen LogP contribution in [0.1, 0.15) is 26.3 Å². The average Bonchev–Trinajstić information content (AvgIpc) is 2.79. The van der Waals surface area contributed by atoms with Gasteiger partial charge in [0.2, 0.25) is 5.91 Å². The molecular formula is C24H32N2O5. The number of carbonyl (C=O) groups excluding carboxylic acids is 2. The minimum absolute atomic E-state index is 0.201. The molecule has 0 aromatic heterocycles. The third-order valence-electron chi connectivity index (χ3n) is 4.78. The normalized spacial score (nSPS) is 11.5. The Kier molecular flexibility index (Phi) is 9.18. The van der Waals surface area contributed by atoms with Gasteiger partial charge in [-0.15, -0.1) is 0 Å². The summed E-state index contributed by atoms with van der Waals surface area (Å²) in [4.78, 5) is 27.3. The molecule has 0 saturated carbocycles. The van der Waals surface area contributed by atoms with Crippen molar-refractivity contribution in [3.8, 4) is 17.2 Å². The van der Waals surface area contributed by atoms with Gasteiger partial charge in [-0.1, -0.05) is 38.1 Å². The number of ether oxygens (including phenoxy) is 3. The highest BCUT2D eigenvalue weighted by Gasteiger charge is 2.26. The molecule has 0 heterocycles. The van der Waals surface area contributed by atoms with Crippen LogP contribution >= 0.6 is 0 Å². The number of amides is 2.